The highest BCUT2D eigenvalue weighted by Gasteiger charge is 2.48. The Balaban J connectivity index is 1.78. The SMILES string of the molecule is CCO[P@@]1(=O)N=C(C2=C(O)C(C(C)(C)C)N(Cc3ccc(F)c(OC)c3)C2=O)Nc2ccc(NS(C)(=O)=O)cc21. The molecule has 1 amide bonds. The smallest absolute Gasteiger partial charge is 0.348 e. The number of halogens is 1. The molecule has 0 radical (unpaired) electrons. The van der Waals surface area contributed by atoms with E-state index in [-0.39, 0.29) is 52.7 Å². The predicted octanol–water partition coefficient (Wildman–Crippen LogP) is 4.15. The van der Waals surface area contributed by atoms with Crippen molar-refractivity contribution in [2.24, 2.45) is 10.2 Å². The maximum Gasteiger partial charge on any atom is 0.348 e. The van der Waals surface area contributed by atoms with Crippen molar-refractivity contribution in [2.45, 2.75) is 40.3 Å². The van der Waals surface area contributed by atoms with Crippen LogP contribution >= 0.6 is 7.52 Å². The number of nitrogens with zero attached hydrogens (tertiary/aromatic N) is 2. The molecule has 1 unspecified atom stereocenters. The van der Waals surface area contributed by atoms with Crippen LogP contribution in [0, 0.1) is 11.2 Å². The Morgan fingerprint density at radius 2 is 1.93 bits per heavy atom. The first kappa shape index (κ1) is 29.6. The van der Waals surface area contributed by atoms with Gasteiger partial charge in [-0.05, 0) is 48.2 Å². The molecule has 0 saturated heterocycles. The summed E-state index contributed by atoms with van der Waals surface area (Å²) in [5.41, 5.74) is 0.217. The Morgan fingerprint density at radius 1 is 1.23 bits per heavy atom. The number of fused-ring (bicyclic) bond motifs is 1. The lowest BCUT2D eigenvalue weighted by molar-refractivity contribution is -0.129. The summed E-state index contributed by atoms with van der Waals surface area (Å²) in [5, 5.41) is 14.5. The first-order valence-electron chi connectivity index (χ1n) is 12.4. The number of amides is 1. The van der Waals surface area contributed by atoms with Gasteiger partial charge in [-0.3, -0.25) is 14.1 Å². The average Bonchev–Trinajstić information content (AvgIpc) is 3.09. The van der Waals surface area contributed by atoms with Gasteiger partial charge < -0.3 is 24.6 Å². The third-order valence-electron chi connectivity index (χ3n) is 6.32. The van der Waals surface area contributed by atoms with Gasteiger partial charge in [0.25, 0.3) is 5.91 Å². The fourth-order valence-corrected chi connectivity index (χ4v) is 7.15. The topological polar surface area (TPSA) is 147 Å². The highest BCUT2D eigenvalue weighted by Crippen LogP contribution is 2.53. The van der Waals surface area contributed by atoms with Crippen molar-refractivity contribution in [3.63, 3.8) is 0 Å². The molecule has 0 fully saturated rings. The van der Waals surface area contributed by atoms with Crippen LogP contribution in [0.25, 0.3) is 0 Å². The van der Waals surface area contributed by atoms with E-state index in [1.165, 1.54) is 48.4 Å². The summed E-state index contributed by atoms with van der Waals surface area (Å²) < 4.78 is 68.7. The molecule has 11 nitrogen and oxygen atoms in total. The lowest BCUT2D eigenvalue weighted by atomic mass is 9.85. The van der Waals surface area contributed by atoms with Crippen LogP contribution in [0.3, 0.4) is 0 Å². The van der Waals surface area contributed by atoms with Crippen molar-refractivity contribution in [1.29, 1.82) is 0 Å². The number of benzene rings is 2. The standard InChI is InChI=1S/C26H32FN4O7PS/c1-7-38-39(34)20-13-16(30-40(6,35)36)9-11-18(20)28-24(29-39)21-22(32)23(26(2,3)4)31(25(21)33)14-15-8-10-17(27)19(12-15)37-5/h8-13,23,30,32H,7,14H2,1-6H3,(H,28,29,34)/t23?,39-/m1/s1. The first-order chi connectivity index (χ1) is 18.6. The first-order valence-corrected chi connectivity index (χ1v) is 15.9. The fraction of sp³-hybridized carbons (Fsp3) is 0.385. The van der Waals surface area contributed by atoms with Gasteiger partial charge in [0.15, 0.2) is 17.4 Å². The summed E-state index contributed by atoms with van der Waals surface area (Å²) in [6.07, 6.45) is 0.990. The molecule has 0 aromatic heterocycles. The Kier molecular flexibility index (Phi) is 7.78. The monoisotopic (exact) mass is 594 g/mol. The molecule has 2 heterocycles. The minimum atomic E-state index is -4.00. The maximum absolute atomic E-state index is 14.0. The van der Waals surface area contributed by atoms with Crippen LogP contribution in [0.1, 0.15) is 33.3 Å². The Labute approximate surface area is 232 Å². The van der Waals surface area contributed by atoms with Crippen LogP contribution in [-0.2, 0) is 30.5 Å². The van der Waals surface area contributed by atoms with E-state index >= 15 is 0 Å². The highest BCUT2D eigenvalue weighted by molar-refractivity contribution is 7.92. The molecule has 2 atom stereocenters. The molecular formula is C26H32FN4O7PS. The molecule has 0 bridgehead atoms. The number of hydrogen-bond acceptors (Lipinski definition) is 8. The number of methoxy groups -OCH3 is 1. The maximum atomic E-state index is 14.0. The van der Waals surface area contributed by atoms with E-state index in [1.54, 1.807) is 6.92 Å². The number of aliphatic hydroxyl groups excluding tert-OH is 1. The van der Waals surface area contributed by atoms with Crippen molar-refractivity contribution < 1.29 is 36.5 Å². The molecule has 0 saturated carbocycles. The number of amidine groups is 1. The van der Waals surface area contributed by atoms with E-state index in [2.05, 4.69) is 14.8 Å². The van der Waals surface area contributed by atoms with Crippen LogP contribution in [0.2, 0.25) is 0 Å². The summed E-state index contributed by atoms with van der Waals surface area (Å²) in [4.78, 5) is 15.3. The van der Waals surface area contributed by atoms with Crippen molar-refractivity contribution in [2.75, 3.05) is 30.0 Å². The van der Waals surface area contributed by atoms with Gasteiger partial charge >= 0.3 is 7.52 Å². The summed E-state index contributed by atoms with van der Waals surface area (Å²) in [6.45, 7) is 7.23. The molecule has 2 aliphatic rings. The minimum Gasteiger partial charge on any atom is -0.509 e. The summed E-state index contributed by atoms with van der Waals surface area (Å²) >= 11 is 0. The van der Waals surface area contributed by atoms with E-state index in [4.69, 9.17) is 9.26 Å². The van der Waals surface area contributed by atoms with Crippen LogP contribution in [0.15, 0.2) is 52.5 Å². The molecule has 216 valence electrons. The number of nitrogens with one attached hydrogen (secondary N) is 2. The largest absolute Gasteiger partial charge is 0.509 e. The van der Waals surface area contributed by atoms with Gasteiger partial charge in [-0.15, -0.1) is 0 Å². The Morgan fingerprint density at radius 3 is 2.52 bits per heavy atom. The van der Waals surface area contributed by atoms with Gasteiger partial charge in [0.05, 0.1) is 37.0 Å². The number of rotatable bonds is 8. The van der Waals surface area contributed by atoms with Crippen LogP contribution < -0.4 is 20.1 Å². The van der Waals surface area contributed by atoms with Gasteiger partial charge in [-0.1, -0.05) is 26.8 Å². The third-order valence-corrected chi connectivity index (χ3v) is 8.98. The molecule has 4 rings (SSSR count). The van der Waals surface area contributed by atoms with Crippen LogP contribution in [-0.4, -0.2) is 56.2 Å². The van der Waals surface area contributed by atoms with Gasteiger partial charge in [0.1, 0.15) is 11.3 Å². The van der Waals surface area contributed by atoms with Crippen molar-refractivity contribution in [3.8, 4) is 5.75 Å². The van der Waals surface area contributed by atoms with Gasteiger partial charge in [-0.25, -0.2) is 12.8 Å². The summed E-state index contributed by atoms with van der Waals surface area (Å²) in [6, 6.07) is 7.77. The van der Waals surface area contributed by atoms with E-state index in [0.29, 0.717) is 5.56 Å². The Bertz CT molecular complexity index is 1580. The van der Waals surface area contributed by atoms with E-state index in [0.717, 1.165) is 6.26 Å². The molecule has 2 aliphatic heterocycles. The van der Waals surface area contributed by atoms with Crippen LogP contribution in [0.5, 0.6) is 5.75 Å². The molecule has 3 N–H and O–H groups in total. The zero-order valence-electron chi connectivity index (χ0n) is 23.0. The lowest BCUT2D eigenvalue weighted by Gasteiger charge is -2.35. The van der Waals surface area contributed by atoms with E-state index in [9.17, 15) is 27.3 Å². The van der Waals surface area contributed by atoms with Crippen molar-refractivity contribution in [3.05, 3.63) is 59.1 Å². The molecule has 14 heteroatoms. The molecule has 0 aliphatic carbocycles. The van der Waals surface area contributed by atoms with Gasteiger partial charge in [-0.2, -0.15) is 4.76 Å². The summed E-state index contributed by atoms with van der Waals surface area (Å²) in [5.74, 6) is -1.50. The van der Waals surface area contributed by atoms with Gasteiger partial charge in [0, 0.05) is 12.2 Å². The van der Waals surface area contributed by atoms with Crippen molar-refractivity contribution >= 4 is 46.0 Å². The quantitative estimate of drug-likeness (QED) is 0.387. The molecule has 2 aromatic carbocycles. The van der Waals surface area contributed by atoms with E-state index in [1.807, 2.05) is 20.8 Å². The molecular weight excluding hydrogens is 562 g/mol. The zero-order chi connectivity index (χ0) is 29.6. The molecule has 40 heavy (non-hydrogen) atoms. The number of carbonyl (C=O) groups is 1. The number of sulfonamides is 1. The molecule has 0 spiro atoms. The number of carbonyl (C=O) groups excluding carboxylic acids is 1. The second kappa shape index (κ2) is 10.5. The predicted molar refractivity (Wildman–Crippen MR) is 151 cm³/mol. The number of aliphatic hydroxyl groups is 1. The second-order valence-electron chi connectivity index (χ2n) is 10.5. The van der Waals surface area contributed by atoms with Crippen LogP contribution in [0.4, 0.5) is 15.8 Å². The minimum absolute atomic E-state index is 0.0132. The Hall–Kier alpha value is -3.41. The lowest BCUT2D eigenvalue weighted by Crippen LogP contribution is -2.43. The fourth-order valence-electron chi connectivity index (χ4n) is 4.79. The number of hydrogen-bond donors (Lipinski definition) is 3. The zero-order valence-corrected chi connectivity index (χ0v) is 24.7. The highest BCUT2D eigenvalue weighted by atomic mass is 32.2. The summed E-state index contributed by atoms with van der Waals surface area (Å²) in [7, 11) is -6.27. The molecule has 2 aromatic rings. The normalized spacial score (nSPS) is 21.2. The third kappa shape index (κ3) is 5.72. The van der Waals surface area contributed by atoms with Crippen molar-refractivity contribution in [1.82, 2.24) is 4.90 Å². The number of ether oxygens (including phenoxy) is 1. The van der Waals surface area contributed by atoms with Gasteiger partial charge in [0.2, 0.25) is 10.0 Å². The average molecular weight is 595 g/mol. The number of anilines is 2. The van der Waals surface area contributed by atoms with E-state index < -0.39 is 40.7 Å². The second-order valence-corrected chi connectivity index (χ2v) is 14.3.